The largest absolute Gasteiger partial charge is 0.496 e. The summed E-state index contributed by atoms with van der Waals surface area (Å²) in [6.45, 7) is 16.7. The van der Waals surface area contributed by atoms with E-state index < -0.39 is 36.6 Å². The van der Waals surface area contributed by atoms with E-state index in [2.05, 4.69) is 184 Å². The monoisotopic (exact) mass is 764 g/mol. The number of rotatable bonds is 2. The van der Waals surface area contributed by atoms with Crippen molar-refractivity contribution in [3.63, 3.8) is 0 Å². The summed E-state index contributed by atoms with van der Waals surface area (Å²) in [6, 6.07) is 33.7. The molecule has 0 saturated carbocycles. The Morgan fingerprint density at radius 1 is 0.354 bits per heavy atom. The van der Waals surface area contributed by atoms with E-state index in [1.807, 2.05) is 0 Å². The van der Waals surface area contributed by atoms with Gasteiger partial charge in [-0.2, -0.15) is 0 Å². The minimum atomic E-state index is -0.456. The first-order valence-electron chi connectivity index (χ1n) is 16.5. The van der Waals surface area contributed by atoms with E-state index in [0.717, 1.165) is 32.5 Å². The molecule has 48 heavy (non-hydrogen) atoms. The lowest BCUT2D eigenvalue weighted by Gasteiger charge is -2.32. The van der Waals surface area contributed by atoms with Gasteiger partial charge in [-0.25, -0.2) is 0 Å². The van der Waals surface area contributed by atoms with Crippen LogP contribution >= 0.6 is 31.9 Å². The third-order valence-corrected chi connectivity index (χ3v) is 12.5. The number of halogens is 2. The van der Waals surface area contributed by atoms with Crippen LogP contribution in [-0.4, -0.2) is 36.6 Å². The molecule has 8 heteroatoms. The van der Waals surface area contributed by atoms with Crippen LogP contribution in [0.1, 0.15) is 55.4 Å². The van der Waals surface area contributed by atoms with Gasteiger partial charge in [0.25, 0.3) is 0 Å². The molecular weight excluding hydrogens is 726 g/mol. The smallest absolute Gasteiger partial charge is 0.399 e. The standard InChI is InChI=1S/C26H32B2O4.C14H8Br2/c1-23(2)24(3,4)30-27(29-23)21-17-13-9-11-15-19(17)22(20-16-12-10-14-18(20)21)28-31-25(5,6)26(7,8)32-28;15-13-9-5-1-2-6-10(9)14(16)12-8-4-3-7-11(12)13/h9-16H,1-8H3;1-8H. The fourth-order valence-corrected chi connectivity index (χ4v) is 8.03. The Morgan fingerprint density at radius 2 is 0.542 bits per heavy atom. The molecule has 0 bridgehead atoms. The van der Waals surface area contributed by atoms with E-state index in [-0.39, 0.29) is 0 Å². The van der Waals surface area contributed by atoms with Crippen molar-refractivity contribution < 1.29 is 18.6 Å². The number of fused-ring (bicyclic) bond motifs is 4. The Morgan fingerprint density at radius 3 is 0.750 bits per heavy atom. The molecule has 0 atom stereocenters. The summed E-state index contributed by atoms with van der Waals surface area (Å²) in [7, 11) is -0.913. The van der Waals surface area contributed by atoms with E-state index in [1.165, 1.54) is 30.5 Å². The number of hydrogen-bond donors (Lipinski definition) is 0. The van der Waals surface area contributed by atoms with Gasteiger partial charge in [-0.15, -0.1) is 0 Å². The molecule has 0 unspecified atom stereocenters. The van der Waals surface area contributed by atoms with E-state index in [0.29, 0.717) is 0 Å². The van der Waals surface area contributed by atoms with Gasteiger partial charge in [0.05, 0.1) is 22.4 Å². The average Bonchev–Trinajstić information content (AvgIpc) is 3.41. The van der Waals surface area contributed by atoms with Gasteiger partial charge in [0.15, 0.2) is 0 Å². The summed E-state index contributed by atoms with van der Waals surface area (Å²) < 4.78 is 28.4. The maximum atomic E-state index is 6.51. The normalized spacial score (nSPS) is 19.3. The Bertz CT molecular complexity index is 1910. The van der Waals surface area contributed by atoms with Crippen LogP contribution in [0.5, 0.6) is 0 Å². The van der Waals surface area contributed by atoms with Gasteiger partial charge in [-0.1, -0.05) is 97.1 Å². The van der Waals surface area contributed by atoms with Crippen molar-refractivity contribution >= 4 is 100 Å². The summed E-state index contributed by atoms with van der Waals surface area (Å²) in [5.41, 5.74) is 0.480. The molecule has 8 rings (SSSR count). The molecule has 6 aromatic carbocycles. The van der Waals surface area contributed by atoms with Crippen LogP contribution in [0.3, 0.4) is 0 Å². The first-order valence-corrected chi connectivity index (χ1v) is 18.1. The third kappa shape index (κ3) is 5.44. The molecule has 0 aliphatic carbocycles. The lowest BCUT2D eigenvalue weighted by molar-refractivity contribution is 0.00578. The molecule has 2 aliphatic heterocycles. The molecule has 0 aromatic heterocycles. The van der Waals surface area contributed by atoms with Crippen molar-refractivity contribution in [2.24, 2.45) is 0 Å². The molecule has 6 aromatic rings. The second kappa shape index (κ2) is 12.0. The van der Waals surface area contributed by atoms with Gasteiger partial charge in [-0.3, -0.25) is 0 Å². The zero-order valence-corrected chi connectivity index (χ0v) is 32.0. The van der Waals surface area contributed by atoms with Crippen LogP contribution in [0.15, 0.2) is 106 Å². The summed E-state index contributed by atoms with van der Waals surface area (Å²) in [5, 5.41) is 9.40. The van der Waals surface area contributed by atoms with Gasteiger partial charge < -0.3 is 18.6 Å². The lowest BCUT2D eigenvalue weighted by atomic mass is 9.66. The molecule has 0 amide bonds. The quantitative estimate of drug-likeness (QED) is 0.130. The van der Waals surface area contributed by atoms with Crippen molar-refractivity contribution in [2.45, 2.75) is 77.8 Å². The van der Waals surface area contributed by atoms with Gasteiger partial charge in [0, 0.05) is 8.95 Å². The molecule has 0 spiro atoms. The van der Waals surface area contributed by atoms with E-state index in [9.17, 15) is 0 Å². The molecule has 4 nitrogen and oxygen atoms in total. The number of benzene rings is 6. The highest BCUT2D eigenvalue weighted by Gasteiger charge is 2.54. The summed E-state index contributed by atoms with van der Waals surface area (Å²) in [4.78, 5) is 0. The second-order valence-corrected chi connectivity index (χ2v) is 16.4. The minimum Gasteiger partial charge on any atom is -0.399 e. The first kappa shape index (κ1) is 33.8. The first-order chi connectivity index (χ1) is 22.6. The van der Waals surface area contributed by atoms with Crippen LogP contribution < -0.4 is 10.9 Å². The molecule has 2 aliphatic rings. The van der Waals surface area contributed by atoms with E-state index >= 15 is 0 Å². The molecule has 0 radical (unpaired) electrons. The Labute approximate surface area is 301 Å². The van der Waals surface area contributed by atoms with Crippen LogP contribution in [0.2, 0.25) is 0 Å². The van der Waals surface area contributed by atoms with Crippen LogP contribution in [0, 0.1) is 0 Å². The summed E-state index contributed by atoms with van der Waals surface area (Å²) in [6.07, 6.45) is 0. The lowest BCUT2D eigenvalue weighted by Crippen LogP contribution is -2.41. The fourth-order valence-electron chi connectivity index (χ4n) is 6.65. The maximum absolute atomic E-state index is 6.51. The average molecular weight is 766 g/mol. The van der Waals surface area contributed by atoms with Crippen LogP contribution in [0.4, 0.5) is 0 Å². The Hall–Kier alpha value is -2.71. The third-order valence-electron chi connectivity index (χ3n) is 10.8. The van der Waals surface area contributed by atoms with Gasteiger partial charge >= 0.3 is 14.2 Å². The van der Waals surface area contributed by atoms with E-state index in [4.69, 9.17) is 18.6 Å². The Balaban J connectivity index is 0.000000190. The highest BCUT2D eigenvalue weighted by atomic mass is 79.9. The molecule has 244 valence electrons. The van der Waals surface area contributed by atoms with Gasteiger partial charge in [0.1, 0.15) is 0 Å². The van der Waals surface area contributed by atoms with Crippen molar-refractivity contribution in [3.8, 4) is 0 Å². The zero-order chi connectivity index (χ0) is 34.2. The van der Waals surface area contributed by atoms with Crippen molar-refractivity contribution in [1.29, 1.82) is 0 Å². The predicted molar refractivity (Wildman–Crippen MR) is 210 cm³/mol. The highest BCUT2D eigenvalue weighted by molar-refractivity contribution is 9.11. The second-order valence-electron chi connectivity index (χ2n) is 14.8. The number of hydrogen-bond acceptors (Lipinski definition) is 4. The molecule has 2 heterocycles. The maximum Gasteiger partial charge on any atom is 0.496 e. The van der Waals surface area contributed by atoms with Crippen molar-refractivity contribution in [2.75, 3.05) is 0 Å². The minimum absolute atomic E-state index is 0.412. The van der Waals surface area contributed by atoms with Crippen molar-refractivity contribution in [3.05, 3.63) is 106 Å². The van der Waals surface area contributed by atoms with E-state index in [1.54, 1.807) is 0 Å². The van der Waals surface area contributed by atoms with Gasteiger partial charge in [-0.05, 0) is 141 Å². The fraction of sp³-hybridized carbons (Fsp3) is 0.300. The van der Waals surface area contributed by atoms with Crippen LogP contribution in [-0.2, 0) is 18.6 Å². The molecular formula is C40H40B2Br2O4. The van der Waals surface area contributed by atoms with Gasteiger partial charge in [0.2, 0.25) is 0 Å². The molecule has 2 saturated heterocycles. The van der Waals surface area contributed by atoms with Crippen molar-refractivity contribution in [1.82, 2.24) is 0 Å². The Kier molecular flexibility index (Phi) is 8.42. The topological polar surface area (TPSA) is 36.9 Å². The zero-order valence-electron chi connectivity index (χ0n) is 28.8. The summed E-state index contributed by atoms with van der Waals surface area (Å²) in [5.74, 6) is 0. The molecule has 2 fully saturated rings. The SMILES string of the molecule is Brc1c2ccccc2c(Br)c2ccccc12.CC1(C)OB(c2c3ccccc3c(B3OC(C)(C)C(C)(C)O3)c3ccccc23)OC1(C)C. The van der Waals surface area contributed by atoms with Crippen LogP contribution in [0.25, 0.3) is 43.1 Å². The molecule has 0 N–H and O–H groups in total. The predicted octanol–water partition coefficient (Wildman–Crippen LogP) is 10.1. The highest BCUT2D eigenvalue weighted by Crippen LogP contribution is 2.41. The summed E-state index contributed by atoms with van der Waals surface area (Å²) >= 11 is 7.39.